The number of hydrogen-bond acceptors (Lipinski definition) is 3. The lowest BCUT2D eigenvalue weighted by Gasteiger charge is -2.34. The summed E-state index contributed by atoms with van der Waals surface area (Å²) >= 11 is 0. The maximum atomic E-state index is 10.8. The van der Waals surface area contributed by atoms with E-state index in [4.69, 9.17) is 9.84 Å². The summed E-state index contributed by atoms with van der Waals surface area (Å²) < 4.78 is 5.62. The fourth-order valence-corrected chi connectivity index (χ4v) is 2.53. The molecule has 1 aliphatic carbocycles. The molecule has 1 heterocycles. The number of carboxylic acid groups (broad SMARTS) is 1. The molecule has 0 amide bonds. The van der Waals surface area contributed by atoms with Crippen LogP contribution in [0.15, 0.2) is 0 Å². The van der Waals surface area contributed by atoms with Crippen molar-refractivity contribution in [2.75, 3.05) is 26.2 Å². The van der Waals surface area contributed by atoms with Crippen LogP contribution in [-0.4, -0.2) is 48.3 Å². The standard InChI is InChI=1S/C12H21NO3/c1-2-10-8-13(5-6-16-10)9-12(3-4-12)7-11(14)15/h10H,2-9H2,1H3,(H,14,15). The quantitative estimate of drug-likeness (QED) is 0.770. The zero-order valence-corrected chi connectivity index (χ0v) is 9.95. The number of carbonyl (C=O) groups is 1. The Morgan fingerprint density at radius 3 is 2.88 bits per heavy atom. The second kappa shape index (κ2) is 4.72. The van der Waals surface area contributed by atoms with Gasteiger partial charge in [0.1, 0.15) is 0 Å². The molecule has 1 atom stereocenters. The molecule has 2 fully saturated rings. The smallest absolute Gasteiger partial charge is 0.303 e. The van der Waals surface area contributed by atoms with E-state index < -0.39 is 5.97 Å². The SMILES string of the molecule is CCC1CN(CC2(CC(=O)O)CC2)CCO1. The normalized spacial score (nSPS) is 28.9. The van der Waals surface area contributed by atoms with Crippen molar-refractivity contribution in [3.8, 4) is 0 Å². The third kappa shape index (κ3) is 2.95. The van der Waals surface area contributed by atoms with Gasteiger partial charge in [-0.2, -0.15) is 0 Å². The topological polar surface area (TPSA) is 49.8 Å². The first-order valence-corrected chi connectivity index (χ1v) is 6.19. The predicted molar refractivity (Wildman–Crippen MR) is 60.4 cm³/mol. The molecule has 0 radical (unpaired) electrons. The Morgan fingerprint density at radius 1 is 1.56 bits per heavy atom. The van der Waals surface area contributed by atoms with Gasteiger partial charge in [-0.25, -0.2) is 0 Å². The number of nitrogens with zero attached hydrogens (tertiary/aromatic N) is 1. The summed E-state index contributed by atoms with van der Waals surface area (Å²) in [5.41, 5.74) is 0.0848. The first-order valence-electron chi connectivity index (χ1n) is 6.19. The van der Waals surface area contributed by atoms with Gasteiger partial charge in [0.25, 0.3) is 0 Å². The van der Waals surface area contributed by atoms with Crippen LogP contribution < -0.4 is 0 Å². The van der Waals surface area contributed by atoms with Crippen molar-refractivity contribution in [1.29, 1.82) is 0 Å². The van der Waals surface area contributed by atoms with Crippen molar-refractivity contribution in [3.63, 3.8) is 0 Å². The maximum Gasteiger partial charge on any atom is 0.303 e. The van der Waals surface area contributed by atoms with E-state index in [1.807, 2.05) is 0 Å². The molecule has 1 saturated heterocycles. The molecule has 92 valence electrons. The summed E-state index contributed by atoms with van der Waals surface area (Å²) in [6, 6.07) is 0. The van der Waals surface area contributed by atoms with Crippen molar-refractivity contribution in [1.82, 2.24) is 4.90 Å². The summed E-state index contributed by atoms with van der Waals surface area (Å²) in [4.78, 5) is 13.2. The average molecular weight is 227 g/mol. The lowest BCUT2D eigenvalue weighted by molar-refractivity contribution is -0.138. The largest absolute Gasteiger partial charge is 0.481 e. The average Bonchev–Trinajstić information content (AvgIpc) is 2.97. The van der Waals surface area contributed by atoms with E-state index in [1.165, 1.54) is 0 Å². The van der Waals surface area contributed by atoms with Gasteiger partial charge in [0.15, 0.2) is 0 Å². The first-order chi connectivity index (χ1) is 7.63. The van der Waals surface area contributed by atoms with Crippen molar-refractivity contribution in [2.45, 2.75) is 38.7 Å². The van der Waals surface area contributed by atoms with Gasteiger partial charge in [0.05, 0.1) is 19.1 Å². The molecule has 1 saturated carbocycles. The summed E-state index contributed by atoms with van der Waals surface area (Å²) in [7, 11) is 0. The fraction of sp³-hybridized carbons (Fsp3) is 0.917. The molecule has 1 N–H and O–H groups in total. The van der Waals surface area contributed by atoms with Crippen molar-refractivity contribution in [3.05, 3.63) is 0 Å². The van der Waals surface area contributed by atoms with Crippen molar-refractivity contribution >= 4 is 5.97 Å². The van der Waals surface area contributed by atoms with Crippen LogP contribution in [0.5, 0.6) is 0 Å². The molecule has 0 aromatic rings. The number of rotatable bonds is 5. The van der Waals surface area contributed by atoms with E-state index in [9.17, 15) is 4.79 Å². The first kappa shape index (κ1) is 11.9. The van der Waals surface area contributed by atoms with E-state index in [-0.39, 0.29) is 5.41 Å². The van der Waals surface area contributed by atoms with Crippen LogP contribution >= 0.6 is 0 Å². The second-order valence-corrected chi connectivity index (χ2v) is 5.21. The Morgan fingerprint density at radius 2 is 2.31 bits per heavy atom. The summed E-state index contributed by atoms with van der Waals surface area (Å²) in [6.07, 6.45) is 3.87. The molecule has 2 aliphatic rings. The molecular formula is C12H21NO3. The molecular weight excluding hydrogens is 206 g/mol. The maximum absolute atomic E-state index is 10.8. The predicted octanol–water partition coefficient (Wildman–Crippen LogP) is 1.35. The zero-order valence-electron chi connectivity index (χ0n) is 9.95. The highest BCUT2D eigenvalue weighted by Gasteiger charge is 2.45. The number of hydrogen-bond donors (Lipinski definition) is 1. The number of carboxylic acids is 1. The lowest BCUT2D eigenvalue weighted by Crippen LogP contribution is -2.44. The monoisotopic (exact) mass is 227 g/mol. The number of aliphatic carboxylic acids is 1. The van der Waals surface area contributed by atoms with Crippen LogP contribution in [-0.2, 0) is 9.53 Å². The Kier molecular flexibility index (Phi) is 3.50. The van der Waals surface area contributed by atoms with Crippen LogP contribution in [0.2, 0.25) is 0 Å². The highest BCUT2D eigenvalue weighted by molar-refractivity contribution is 5.68. The molecule has 4 nitrogen and oxygen atoms in total. The minimum Gasteiger partial charge on any atom is -0.481 e. The van der Waals surface area contributed by atoms with E-state index in [0.717, 1.165) is 45.5 Å². The number of morpholine rings is 1. The second-order valence-electron chi connectivity index (χ2n) is 5.21. The summed E-state index contributed by atoms with van der Waals surface area (Å²) in [5, 5.41) is 8.87. The van der Waals surface area contributed by atoms with Crippen molar-refractivity contribution < 1.29 is 14.6 Å². The Hall–Kier alpha value is -0.610. The van der Waals surface area contributed by atoms with Crippen LogP contribution in [0.1, 0.15) is 32.6 Å². The van der Waals surface area contributed by atoms with Crippen LogP contribution in [0, 0.1) is 5.41 Å². The highest BCUT2D eigenvalue weighted by Crippen LogP contribution is 2.49. The van der Waals surface area contributed by atoms with Gasteiger partial charge in [-0.3, -0.25) is 9.69 Å². The Labute approximate surface area is 96.6 Å². The third-order valence-corrected chi connectivity index (χ3v) is 3.72. The minimum atomic E-state index is -0.655. The molecule has 1 unspecified atom stereocenters. The van der Waals surface area contributed by atoms with E-state index in [1.54, 1.807) is 0 Å². The molecule has 0 aromatic carbocycles. The third-order valence-electron chi connectivity index (χ3n) is 3.72. The van der Waals surface area contributed by atoms with Gasteiger partial charge in [0.2, 0.25) is 0 Å². The van der Waals surface area contributed by atoms with Gasteiger partial charge < -0.3 is 9.84 Å². The van der Waals surface area contributed by atoms with Gasteiger partial charge in [-0.15, -0.1) is 0 Å². The van der Waals surface area contributed by atoms with E-state index in [2.05, 4.69) is 11.8 Å². The Balaban J connectivity index is 1.82. The summed E-state index contributed by atoms with van der Waals surface area (Å²) in [5.74, 6) is -0.655. The minimum absolute atomic E-state index is 0.0848. The zero-order chi connectivity index (χ0) is 11.6. The van der Waals surface area contributed by atoms with Crippen LogP contribution in [0.4, 0.5) is 0 Å². The van der Waals surface area contributed by atoms with E-state index in [0.29, 0.717) is 12.5 Å². The van der Waals surface area contributed by atoms with Gasteiger partial charge in [-0.05, 0) is 24.7 Å². The Bertz CT molecular complexity index is 263. The number of ether oxygens (including phenoxy) is 1. The highest BCUT2D eigenvalue weighted by atomic mass is 16.5. The molecule has 4 heteroatoms. The van der Waals surface area contributed by atoms with Gasteiger partial charge in [0, 0.05) is 19.6 Å². The molecule has 0 spiro atoms. The lowest BCUT2D eigenvalue weighted by atomic mass is 10.0. The fourth-order valence-electron chi connectivity index (χ4n) is 2.53. The molecule has 1 aliphatic heterocycles. The molecule has 16 heavy (non-hydrogen) atoms. The van der Waals surface area contributed by atoms with E-state index >= 15 is 0 Å². The van der Waals surface area contributed by atoms with Gasteiger partial charge >= 0.3 is 5.97 Å². The molecule has 0 bridgehead atoms. The van der Waals surface area contributed by atoms with Crippen molar-refractivity contribution in [2.24, 2.45) is 5.41 Å². The molecule has 2 rings (SSSR count). The molecule has 0 aromatic heterocycles. The van der Waals surface area contributed by atoms with Crippen LogP contribution in [0.25, 0.3) is 0 Å². The van der Waals surface area contributed by atoms with Crippen LogP contribution in [0.3, 0.4) is 0 Å². The van der Waals surface area contributed by atoms with Gasteiger partial charge in [-0.1, -0.05) is 6.92 Å². The summed E-state index contributed by atoms with van der Waals surface area (Å²) in [6.45, 7) is 5.80.